The smallest absolute Gasteiger partial charge is 0.406 e. The van der Waals surface area contributed by atoms with E-state index in [0.717, 1.165) is 0 Å². The number of nitrogens with two attached hydrogens (primary N) is 1. The van der Waals surface area contributed by atoms with Gasteiger partial charge in [0.05, 0.1) is 0 Å². The van der Waals surface area contributed by atoms with Crippen LogP contribution < -0.4 is 10.5 Å². The Morgan fingerprint density at radius 3 is 2.60 bits per heavy atom. The third-order valence-corrected chi connectivity index (χ3v) is 1.73. The molecule has 15 heavy (non-hydrogen) atoms. The van der Waals surface area contributed by atoms with Crippen molar-refractivity contribution in [2.24, 2.45) is 5.73 Å². The highest BCUT2D eigenvalue weighted by Crippen LogP contribution is 2.25. The Bertz CT molecular complexity index is 349. The first-order chi connectivity index (χ1) is 6.92. The molecule has 0 fully saturated rings. The molecule has 0 spiro atoms. The van der Waals surface area contributed by atoms with E-state index in [1.807, 2.05) is 0 Å². The van der Waals surface area contributed by atoms with Crippen LogP contribution in [0.3, 0.4) is 0 Å². The number of alkyl halides is 3. The summed E-state index contributed by atoms with van der Waals surface area (Å²) in [4.78, 5) is 0. The lowest BCUT2D eigenvalue weighted by molar-refractivity contribution is -0.274. The zero-order chi connectivity index (χ0) is 11.5. The Hall–Kier alpha value is -1.49. The summed E-state index contributed by atoms with van der Waals surface area (Å²) in [6, 6.07) is 5.00. The highest BCUT2D eigenvalue weighted by atomic mass is 19.4. The van der Waals surface area contributed by atoms with Gasteiger partial charge in [0.2, 0.25) is 0 Å². The maximum atomic E-state index is 11.9. The first-order valence-electron chi connectivity index (χ1n) is 4.16. The molecule has 0 bridgehead atoms. The number of ether oxygens (including phenoxy) is 1. The lowest BCUT2D eigenvalue weighted by Crippen LogP contribution is -2.17. The topological polar surface area (TPSA) is 35.2 Å². The van der Waals surface area contributed by atoms with Gasteiger partial charge in [-0.1, -0.05) is 18.2 Å². The lowest BCUT2D eigenvalue weighted by Gasteiger charge is -2.11. The molecule has 1 rings (SSSR count). The minimum absolute atomic E-state index is 0.280. The molecule has 0 aliphatic carbocycles. The molecular weight excluding hydrogens is 207 g/mol. The standard InChI is InChI=1S/C10H10F3NO/c1-2-9(14)7-4-3-5-8(6-7)15-10(11,12)13/h2-6,9H,1,14H2/t9-/m1/s1. The normalized spacial score (nSPS) is 13.3. The van der Waals surface area contributed by atoms with Crippen LogP contribution in [0.1, 0.15) is 11.6 Å². The summed E-state index contributed by atoms with van der Waals surface area (Å²) in [5.41, 5.74) is 6.09. The third-order valence-electron chi connectivity index (χ3n) is 1.73. The van der Waals surface area contributed by atoms with Crippen molar-refractivity contribution in [3.8, 4) is 5.75 Å². The predicted octanol–water partition coefficient (Wildman–Crippen LogP) is 2.77. The van der Waals surface area contributed by atoms with E-state index in [0.29, 0.717) is 5.56 Å². The summed E-state index contributed by atoms with van der Waals surface area (Å²) < 4.78 is 39.4. The minimum Gasteiger partial charge on any atom is -0.406 e. The molecule has 0 heterocycles. The molecule has 0 unspecified atom stereocenters. The summed E-state index contributed by atoms with van der Waals surface area (Å²) in [6.07, 6.45) is -3.25. The largest absolute Gasteiger partial charge is 0.573 e. The summed E-state index contributed by atoms with van der Waals surface area (Å²) >= 11 is 0. The molecule has 0 amide bonds. The van der Waals surface area contributed by atoms with Gasteiger partial charge in [-0.3, -0.25) is 0 Å². The van der Waals surface area contributed by atoms with Gasteiger partial charge in [0, 0.05) is 6.04 Å². The number of hydrogen-bond donors (Lipinski definition) is 1. The quantitative estimate of drug-likeness (QED) is 0.790. The maximum Gasteiger partial charge on any atom is 0.573 e. The average Bonchev–Trinajstić information content (AvgIpc) is 2.14. The molecule has 0 aliphatic heterocycles. The molecule has 1 atom stereocenters. The molecule has 0 aromatic heterocycles. The molecule has 82 valence electrons. The van der Waals surface area contributed by atoms with Crippen molar-refractivity contribution < 1.29 is 17.9 Å². The molecule has 1 aromatic rings. The van der Waals surface area contributed by atoms with Gasteiger partial charge in [0.15, 0.2) is 0 Å². The predicted molar refractivity (Wildman–Crippen MR) is 50.3 cm³/mol. The van der Waals surface area contributed by atoms with Crippen molar-refractivity contribution in [2.75, 3.05) is 0 Å². The van der Waals surface area contributed by atoms with Gasteiger partial charge >= 0.3 is 6.36 Å². The Labute approximate surface area is 85.2 Å². The van der Waals surface area contributed by atoms with Crippen molar-refractivity contribution in [1.82, 2.24) is 0 Å². The third kappa shape index (κ3) is 3.63. The van der Waals surface area contributed by atoms with Crippen LogP contribution in [0.15, 0.2) is 36.9 Å². The summed E-state index contributed by atoms with van der Waals surface area (Å²) in [5.74, 6) is -0.280. The van der Waals surface area contributed by atoms with E-state index >= 15 is 0 Å². The summed E-state index contributed by atoms with van der Waals surface area (Å²) in [7, 11) is 0. The zero-order valence-electron chi connectivity index (χ0n) is 7.79. The molecule has 0 radical (unpaired) electrons. The molecular formula is C10H10F3NO. The second kappa shape index (κ2) is 4.35. The van der Waals surface area contributed by atoms with Crippen molar-refractivity contribution in [3.63, 3.8) is 0 Å². The Morgan fingerprint density at radius 1 is 1.40 bits per heavy atom. The van der Waals surface area contributed by atoms with Gasteiger partial charge in [-0.05, 0) is 17.7 Å². The first-order valence-corrected chi connectivity index (χ1v) is 4.16. The van der Waals surface area contributed by atoms with E-state index in [-0.39, 0.29) is 5.75 Å². The number of benzene rings is 1. The highest BCUT2D eigenvalue weighted by molar-refractivity contribution is 5.32. The molecule has 2 N–H and O–H groups in total. The maximum absolute atomic E-state index is 11.9. The SMILES string of the molecule is C=C[C@@H](N)c1cccc(OC(F)(F)F)c1. The molecule has 0 saturated heterocycles. The fourth-order valence-electron chi connectivity index (χ4n) is 1.06. The highest BCUT2D eigenvalue weighted by Gasteiger charge is 2.31. The monoisotopic (exact) mass is 217 g/mol. The van der Waals surface area contributed by atoms with Gasteiger partial charge in [-0.2, -0.15) is 0 Å². The second-order valence-corrected chi connectivity index (χ2v) is 2.88. The number of halogens is 3. The molecule has 1 aromatic carbocycles. The van der Waals surface area contributed by atoms with Gasteiger partial charge in [-0.15, -0.1) is 19.8 Å². The van der Waals surface area contributed by atoms with E-state index in [4.69, 9.17) is 5.73 Å². The fourth-order valence-corrected chi connectivity index (χ4v) is 1.06. The van der Waals surface area contributed by atoms with Crippen LogP contribution in [0.4, 0.5) is 13.2 Å². The van der Waals surface area contributed by atoms with Crippen LogP contribution >= 0.6 is 0 Å². The Balaban J connectivity index is 2.88. The van der Waals surface area contributed by atoms with Crippen LogP contribution in [0.25, 0.3) is 0 Å². The lowest BCUT2D eigenvalue weighted by atomic mass is 10.1. The Morgan fingerprint density at radius 2 is 2.07 bits per heavy atom. The molecule has 2 nitrogen and oxygen atoms in total. The van der Waals surface area contributed by atoms with E-state index in [9.17, 15) is 13.2 Å². The van der Waals surface area contributed by atoms with Crippen molar-refractivity contribution in [3.05, 3.63) is 42.5 Å². The van der Waals surface area contributed by atoms with Crippen LogP contribution in [-0.4, -0.2) is 6.36 Å². The number of hydrogen-bond acceptors (Lipinski definition) is 2. The van der Waals surface area contributed by atoms with Crippen LogP contribution in [0.2, 0.25) is 0 Å². The van der Waals surface area contributed by atoms with E-state index in [1.165, 1.54) is 24.3 Å². The van der Waals surface area contributed by atoms with Crippen molar-refractivity contribution >= 4 is 0 Å². The zero-order valence-corrected chi connectivity index (χ0v) is 7.79. The van der Waals surface area contributed by atoms with Crippen molar-refractivity contribution in [2.45, 2.75) is 12.4 Å². The molecule has 5 heteroatoms. The van der Waals surface area contributed by atoms with Crippen LogP contribution in [0, 0.1) is 0 Å². The fraction of sp³-hybridized carbons (Fsp3) is 0.200. The number of rotatable bonds is 3. The van der Waals surface area contributed by atoms with Crippen LogP contribution in [-0.2, 0) is 0 Å². The first kappa shape index (κ1) is 11.6. The van der Waals surface area contributed by atoms with Gasteiger partial charge in [-0.25, -0.2) is 0 Å². The van der Waals surface area contributed by atoms with E-state index in [2.05, 4.69) is 11.3 Å². The minimum atomic E-state index is -4.68. The van der Waals surface area contributed by atoms with E-state index in [1.54, 1.807) is 6.07 Å². The van der Waals surface area contributed by atoms with E-state index < -0.39 is 12.4 Å². The molecule has 0 saturated carbocycles. The van der Waals surface area contributed by atoms with Gasteiger partial charge < -0.3 is 10.5 Å². The average molecular weight is 217 g/mol. The van der Waals surface area contributed by atoms with Crippen molar-refractivity contribution in [1.29, 1.82) is 0 Å². The Kier molecular flexibility index (Phi) is 3.36. The second-order valence-electron chi connectivity index (χ2n) is 2.88. The van der Waals surface area contributed by atoms with Gasteiger partial charge in [0.1, 0.15) is 5.75 Å². The molecule has 0 aliphatic rings. The van der Waals surface area contributed by atoms with Gasteiger partial charge in [0.25, 0.3) is 0 Å². The van der Waals surface area contributed by atoms with Crippen LogP contribution in [0.5, 0.6) is 5.75 Å². The summed E-state index contributed by atoms with van der Waals surface area (Å²) in [6.45, 7) is 3.45. The summed E-state index contributed by atoms with van der Waals surface area (Å²) in [5, 5.41) is 0.